The Morgan fingerprint density at radius 1 is 1.15 bits per heavy atom. The Kier molecular flexibility index (Phi) is 5.54. The Hall–Kier alpha value is -0.950. The van der Waals surface area contributed by atoms with Gasteiger partial charge in [0, 0.05) is 19.6 Å². The zero-order valence-corrected chi connectivity index (χ0v) is 12.7. The summed E-state index contributed by atoms with van der Waals surface area (Å²) in [5.41, 5.74) is 1.07. The normalized spacial score (nSPS) is 16.6. The molecule has 1 fully saturated rings. The third kappa shape index (κ3) is 4.28. The molecule has 6 heteroatoms. The molecule has 1 aliphatic rings. The summed E-state index contributed by atoms with van der Waals surface area (Å²) in [5.74, 6) is 0. The Labute approximate surface area is 121 Å². The Morgan fingerprint density at radius 3 is 2.40 bits per heavy atom. The molecule has 112 valence electrons. The van der Waals surface area contributed by atoms with Crippen molar-refractivity contribution < 1.29 is 8.42 Å². The Balaban J connectivity index is 1.88. The highest BCUT2D eigenvalue weighted by atomic mass is 32.2. The van der Waals surface area contributed by atoms with Gasteiger partial charge in [0.2, 0.25) is 10.0 Å². The molecular weight excluding hydrogens is 274 g/mol. The van der Waals surface area contributed by atoms with Crippen molar-refractivity contribution in [2.24, 2.45) is 0 Å². The number of nitrogens with one attached hydrogen (secondary N) is 2. The standard InChI is InChI=1S/C14H23N3O2S/c1-15-12-13-4-6-14(7-5-13)20(18,19)16-8-11-17-9-2-3-10-17/h4-7,15-16H,2-3,8-12H2,1H3. The molecule has 2 N–H and O–H groups in total. The first-order valence-corrected chi connectivity index (χ1v) is 8.56. The summed E-state index contributed by atoms with van der Waals surface area (Å²) < 4.78 is 26.9. The van der Waals surface area contributed by atoms with Crippen molar-refractivity contribution in [1.82, 2.24) is 14.9 Å². The van der Waals surface area contributed by atoms with Gasteiger partial charge in [-0.3, -0.25) is 0 Å². The molecule has 0 spiro atoms. The second-order valence-electron chi connectivity index (χ2n) is 5.12. The first-order chi connectivity index (χ1) is 9.62. The van der Waals surface area contributed by atoms with Crippen LogP contribution in [0.15, 0.2) is 29.2 Å². The third-order valence-electron chi connectivity index (χ3n) is 3.53. The molecule has 0 atom stereocenters. The molecular formula is C14H23N3O2S. The van der Waals surface area contributed by atoms with Crippen molar-refractivity contribution in [2.75, 3.05) is 33.2 Å². The molecule has 1 saturated heterocycles. The van der Waals surface area contributed by atoms with E-state index in [0.29, 0.717) is 11.4 Å². The first kappa shape index (κ1) is 15.4. The fourth-order valence-corrected chi connectivity index (χ4v) is 3.44. The van der Waals surface area contributed by atoms with Crippen molar-refractivity contribution in [3.63, 3.8) is 0 Å². The SMILES string of the molecule is CNCc1ccc(S(=O)(=O)NCCN2CCCC2)cc1. The van der Waals surface area contributed by atoms with E-state index in [1.165, 1.54) is 12.8 Å². The maximum atomic E-state index is 12.1. The van der Waals surface area contributed by atoms with Gasteiger partial charge in [0.05, 0.1) is 4.90 Å². The van der Waals surface area contributed by atoms with Gasteiger partial charge < -0.3 is 10.2 Å². The minimum Gasteiger partial charge on any atom is -0.316 e. The van der Waals surface area contributed by atoms with Gasteiger partial charge in [-0.15, -0.1) is 0 Å². The third-order valence-corrected chi connectivity index (χ3v) is 5.01. The van der Waals surface area contributed by atoms with Crippen LogP contribution in [0, 0.1) is 0 Å². The summed E-state index contributed by atoms with van der Waals surface area (Å²) >= 11 is 0. The molecule has 1 aliphatic heterocycles. The van der Waals surface area contributed by atoms with Crippen LogP contribution in [-0.2, 0) is 16.6 Å². The smallest absolute Gasteiger partial charge is 0.240 e. The number of hydrogen-bond acceptors (Lipinski definition) is 4. The fourth-order valence-electron chi connectivity index (χ4n) is 2.42. The minimum atomic E-state index is -3.38. The van der Waals surface area contributed by atoms with Gasteiger partial charge in [-0.25, -0.2) is 13.1 Å². The van der Waals surface area contributed by atoms with E-state index in [-0.39, 0.29) is 0 Å². The molecule has 1 aromatic carbocycles. The van der Waals surface area contributed by atoms with Gasteiger partial charge in [0.1, 0.15) is 0 Å². The fraction of sp³-hybridized carbons (Fsp3) is 0.571. The highest BCUT2D eigenvalue weighted by molar-refractivity contribution is 7.89. The van der Waals surface area contributed by atoms with Crippen LogP contribution in [0.3, 0.4) is 0 Å². The molecule has 0 aromatic heterocycles. The lowest BCUT2D eigenvalue weighted by atomic mass is 10.2. The van der Waals surface area contributed by atoms with Gasteiger partial charge in [0.25, 0.3) is 0 Å². The predicted octanol–water partition coefficient (Wildman–Crippen LogP) is 0.780. The second kappa shape index (κ2) is 7.17. The predicted molar refractivity (Wildman–Crippen MR) is 80.1 cm³/mol. The first-order valence-electron chi connectivity index (χ1n) is 7.07. The summed E-state index contributed by atoms with van der Waals surface area (Å²) in [6.07, 6.45) is 2.44. The van der Waals surface area contributed by atoms with Crippen molar-refractivity contribution in [3.05, 3.63) is 29.8 Å². The lowest BCUT2D eigenvalue weighted by Crippen LogP contribution is -2.33. The number of likely N-dealkylation sites (tertiary alicyclic amines) is 1. The zero-order chi connectivity index (χ0) is 14.4. The van der Waals surface area contributed by atoms with Crippen LogP contribution in [0.5, 0.6) is 0 Å². The van der Waals surface area contributed by atoms with E-state index in [9.17, 15) is 8.42 Å². The molecule has 0 amide bonds. The van der Waals surface area contributed by atoms with Crippen LogP contribution >= 0.6 is 0 Å². The molecule has 0 bridgehead atoms. The highest BCUT2D eigenvalue weighted by Crippen LogP contribution is 2.11. The van der Waals surface area contributed by atoms with E-state index in [4.69, 9.17) is 0 Å². The number of nitrogens with zero attached hydrogens (tertiary/aromatic N) is 1. The number of rotatable bonds is 7. The van der Waals surface area contributed by atoms with Crippen molar-refractivity contribution in [1.29, 1.82) is 0 Å². The number of sulfonamides is 1. The maximum absolute atomic E-state index is 12.1. The van der Waals surface area contributed by atoms with E-state index in [1.54, 1.807) is 12.1 Å². The quantitative estimate of drug-likeness (QED) is 0.781. The molecule has 5 nitrogen and oxygen atoms in total. The largest absolute Gasteiger partial charge is 0.316 e. The second-order valence-corrected chi connectivity index (χ2v) is 6.89. The summed E-state index contributed by atoms with van der Waals surface area (Å²) in [6.45, 7) is 4.17. The average molecular weight is 297 g/mol. The molecule has 0 unspecified atom stereocenters. The van der Waals surface area contributed by atoms with Crippen LogP contribution in [0.1, 0.15) is 18.4 Å². The van der Waals surface area contributed by atoms with Gasteiger partial charge in [-0.1, -0.05) is 12.1 Å². The van der Waals surface area contributed by atoms with Crippen molar-refractivity contribution >= 4 is 10.0 Å². The molecule has 0 radical (unpaired) electrons. The van der Waals surface area contributed by atoms with Crippen LogP contribution in [0.2, 0.25) is 0 Å². The molecule has 20 heavy (non-hydrogen) atoms. The number of benzene rings is 1. The lowest BCUT2D eigenvalue weighted by Gasteiger charge is -2.15. The zero-order valence-electron chi connectivity index (χ0n) is 11.9. The monoisotopic (exact) mass is 297 g/mol. The highest BCUT2D eigenvalue weighted by Gasteiger charge is 2.15. The Bertz CT molecular complexity index is 508. The minimum absolute atomic E-state index is 0.332. The van der Waals surface area contributed by atoms with E-state index in [1.807, 2.05) is 19.2 Å². The topological polar surface area (TPSA) is 61.4 Å². The van der Waals surface area contributed by atoms with E-state index < -0.39 is 10.0 Å². The summed E-state index contributed by atoms with van der Waals surface area (Å²) in [7, 11) is -1.52. The van der Waals surface area contributed by atoms with Gasteiger partial charge >= 0.3 is 0 Å². The summed E-state index contributed by atoms with van der Waals surface area (Å²) in [5, 5.41) is 3.04. The molecule has 1 aromatic rings. The van der Waals surface area contributed by atoms with Gasteiger partial charge in [-0.05, 0) is 50.7 Å². The van der Waals surface area contributed by atoms with E-state index in [2.05, 4.69) is 14.9 Å². The Morgan fingerprint density at radius 2 is 1.80 bits per heavy atom. The van der Waals surface area contributed by atoms with Gasteiger partial charge in [0.15, 0.2) is 0 Å². The summed E-state index contributed by atoms with van der Waals surface area (Å²) in [4.78, 5) is 2.62. The van der Waals surface area contributed by atoms with Crippen molar-refractivity contribution in [3.8, 4) is 0 Å². The molecule has 0 saturated carbocycles. The molecule has 2 rings (SSSR count). The van der Waals surface area contributed by atoms with E-state index >= 15 is 0 Å². The number of hydrogen-bond donors (Lipinski definition) is 2. The average Bonchev–Trinajstić information content (AvgIpc) is 2.93. The van der Waals surface area contributed by atoms with Crippen LogP contribution in [0.4, 0.5) is 0 Å². The maximum Gasteiger partial charge on any atom is 0.240 e. The van der Waals surface area contributed by atoms with Crippen LogP contribution in [-0.4, -0.2) is 46.5 Å². The molecule has 0 aliphatic carbocycles. The summed E-state index contributed by atoms with van der Waals surface area (Å²) in [6, 6.07) is 6.99. The van der Waals surface area contributed by atoms with Gasteiger partial charge in [-0.2, -0.15) is 0 Å². The lowest BCUT2D eigenvalue weighted by molar-refractivity contribution is 0.344. The van der Waals surface area contributed by atoms with Crippen LogP contribution in [0.25, 0.3) is 0 Å². The molecule has 1 heterocycles. The van der Waals surface area contributed by atoms with E-state index in [0.717, 1.165) is 31.7 Å². The van der Waals surface area contributed by atoms with Crippen molar-refractivity contribution in [2.45, 2.75) is 24.3 Å². The van der Waals surface area contributed by atoms with Crippen LogP contribution < -0.4 is 10.0 Å².